The van der Waals surface area contributed by atoms with E-state index >= 15 is 0 Å². The van der Waals surface area contributed by atoms with Gasteiger partial charge in [0.05, 0.1) is 13.2 Å². The lowest BCUT2D eigenvalue weighted by Crippen LogP contribution is -2.52. The van der Waals surface area contributed by atoms with Crippen LogP contribution in [0.3, 0.4) is 0 Å². The third-order valence-electron chi connectivity index (χ3n) is 5.09. The van der Waals surface area contributed by atoms with Crippen molar-refractivity contribution in [1.82, 2.24) is 20.1 Å². The van der Waals surface area contributed by atoms with Gasteiger partial charge in [0.1, 0.15) is 11.5 Å². The van der Waals surface area contributed by atoms with Crippen LogP contribution in [0.15, 0.2) is 36.7 Å². The van der Waals surface area contributed by atoms with E-state index < -0.39 is 0 Å². The number of aromatic amines is 1. The van der Waals surface area contributed by atoms with Crippen molar-refractivity contribution in [2.45, 2.75) is 12.8 Å². The summed E-state index contributed by atoms with van der Waals surface area (Å²) in [6.07, 6.45) is 5.48. The van der Waals surface area contributed by atoms with E-state index in [0.29, 0.717) is 25.5 Å². The molecule has 25 heavy (non-hydrogen) atoms. The van der Waals surface area contributed by atoms with E-state index in [-0.39, 0.29) is 11.3 Å². The molecule has 2 saturated heterocycles. The quantitative estimate of drug-likeness (QED) is 0.897. The van der Waals surface area contributed by atoms with E-state index in [2.05, 4.69) is 20.1 Å². The van der Waals surface area contributed by atoms with Crippen LogP contribution in [0.5, 0.6) is 0 Å². The van der Waals surface area contributed by atoms with Crippen molar-refractivity contribution in [1.29, 1.82) is 0 Å². The predicted octanol–water partition coefficient (Wildman–Crippen LogP) is 1.56. The van der Waals surface area contributed by atoms with Gasteiger partial charge in [-0.3, -0.25) is 9.89 Å². The van der Waals surface area contributed by atoms with Crippen LogP contribution in [0.25, 0.3) is 0 Å². The van der Waals surface area contributed by atoms with Crippen molar-refractivity contribution in [3.05, 3.63) is 42.4 Å². The molecule has 0 aliphatic carbocycles. The molecular formula is C18H23N5O2. The molecule has 0 saturated carbocycles. The van der Waals surface area contributed by atoms with Crippen molar-refractivity contribution in [3.63, 3.8) is 0 Å². The Labute approximate surface area is 147 Å². The van der Waals surface area contributed by atoms with Gasteiger partial charge in [-0.05, 0) is 31.0 Å². The van der Waals surface area contributed by atoms with Gasteiger partial charge in [0.25, 0.3) is 5.91 Å². The highest BCUT2D eigenvalue weighted by molar-refractivity contribution is 5.92. The summed E-state index contributed by atoms with van der Waals surface area (Å²) < 4.78 is 5.93. The van der Waals surface area contributed by atoms with Crippen LogP contribution in [0.1, 0.15) is 23.3 Å². The van der Waals surface area contributed by atoms with E-state index in [0.717, 1.165) is 38.3 Å². The third kappa shape index (κ3) is 3.37. The molecule has 132 valence electrons. The zero-order valence-electron chi connectivity index (χ0n) is 14.2. The zero-order chi connectivity index (χ0) is 17.1. The number of rotatable bonds is 2. The van der Waals surface area contributed by atoms with Crippen molar-refractivity contribution in [3.8, 4) is 0 Å². The minimum absolute atomic E-state index is 0.0187. The van der Waals surface area contributed by atoms with Crippen LogP contribution in [-0.4, -0.2) is 65.4 Å². The molecule has 0 bridgehead atoms. The molecule has 2 aliphatic heterocycles. The number of likely N-dealkylation sites (tertiary alicyclic amines) is 1. The molecule has 2 aliphatic rings. The molecular weight excluding hydrogens is 318 g/mol. The first-order valence-electron chi connectivity index (χ1n) is 8.78. The molecule has 0 radical (unpaired) electrons. The Morgan fingerprint density at radius 1 is 1.20 bits per heavy atom. The molecule has 1 atom stereocenters. The first-order chi connectivity index (χ1) is 12.3. The van der Waals surface area contributed by atoms with E-state index in [1.165, 1.54) is 0 Å². The van der Waals surface area contributed by atoms with Crippen molar-refractivity contribution in [2.75, 3.05) is 44.3 Å². The topological polar surface area (TPSA) is 74.3 Å². The van der Waals surface area contributed by atoms with E-state index in [1.807, 2.05) is 29.3 Å². The van der Waals surface area contributed by atoms with Crippen molar-refractivity contribution < 1.29 is 9.53 Å². The standard InChI is InChI=1S/C18H23N5O2/c24-17(15-5-8-20-21-15)23-9-3-6-18(13-23)12-22(10-11-25-14-18)16-4-1-2-7-19-16/h1-2,4-5,7-8H,3,6,9-14H2,(H,20,21)/t18-/m1/s1. The maximum Gasteiger partial charge on any atom is 0.271 e. The Balaban J connectivity index is 1.53. The molecule has 4 heterocycles. The Morgan fingerprint density at radius 2 is 2.16 bits per heavy atom. The number of carbonyl (C=O) groups excluding carboxylic acids is 1. The normalized spacial score (nSPS) is 24.3. The lowest BCUT2D eigenvalue weighted by Gasteiger charge is -2.43. The van der Waals surface area contributed by atoms with Gasteiger partial charge >= 0.3 is 0 Å². The zero-order valence-corrected chi connectivity index (χ0v) is 14.2. The van der Waals surface area contributed by atoms with Crippen molar-refractivity contribution in [2.24, 2.45) is 5.41 Å². The highest BCUT2D eigenvalue weighted by Crippen LogP contribution is 2.34. The van der Waals surface area contributed by atoms with Gasteiger partial charge in [-0.2, -0.15) is 5.10 Å². The second kappa shape index (κ2) is 6.84. The van der Waals surface area contributed by atoms with Crippen LogP contribution in [0.4, 0.5) is 5.82 Å². The smallest absolute Gasteiger partial charge is 0.271 e. The summed E-state index contributed by atoms with van der Waals surface area (Å²) in [6.45, 7) is 4.54. The first kappa shape index (κ1) is 16.1. The minimum Gasteiger partial charge on any atom is -0.379 e. The molecule has 4 rings (SSSR count). The summed E-state index contributed by atoms with van der Waals surface area (Å²) in [4.78, 5) is 21.4. The number of carbonyl (C=O) groups is 1. The van der Waals surface area contributed by atoms with Gasteiger partial charge in [0, 0.05) is 44.0 Å². The molecule has 2 aromatic rings. The number of anilines is 1. The Hall–Kier alpha value is -2.41. The lowest BCUT2D eigenvalue weighted by atomic mass is 9.80. The summed E-state index contributed by atoms with van der Waals surface area (Å²) >= 11 is 0. The van der Waals surface area contributed by atoms with Crippen LogP contribution < -0.4 is 4.90 Å². The monoisotopic (exact) mass is 341 g/mol. The molecule has 7 heteroatoms. The van der Waals surface area contributed by atoms with Crippen LogP contribution in [-0.2, 0) is 4.74 Å². The van der Waals surface area contributed by atoms with Gasteiger partial charge in [-0.15, -0.1) is 0 Å². The number of nitrogens with one attached hydrogen (secondary N) is 1. The highest BCUT2D eigenvalue weighted by atomic mass is 16.5. The largest absolute Gasteiger partial charge is 0.379 e. The maximum absolute atomic E-state index is 12.7. The summed E-state index contributed by atoms with van der Waals surface area (Å²) in [5.41, 5.74) is 0.496. The molecule has 1 N–H and O–H groups in total. The number of piperidine rings is 1. The third-order valence-corrected chi connectivity index (χ3v) is 5.09. The molecule has 2 aromatic heterocycles. The van der Waals surface area contributed by atoms with Crippen LogP contribution in [0.2, 0.25) is 0 Å². The van der Waals surface area contributed by atoms with Gasteiger partial charge < -0.3 is 14.5 Å². The van der Waals surface area contributed by atoms with Crippen LogP contribution in [0, 0.1) is 5.41 Å². The number of H-pyrrole nitrogens is 1. The van der Waals surface area contributed by atoms with Crippen molar-refractivity contribution >= 4 is 11.7 Å². The maximum atomic E-state index is 12.7. The highest BCUT2D eigenvalue weighted by Gasteiger charge is 2.40. The van der Waals surface area contributed by atoms with E-state index in [9.17, 15) is 4.79 Å². The van der Waals surface area contributed by atoms with Gasteiger partial charge in [-0.25, -0.2) is 4.98 Å². The van der Waals surface area contributed by atoms with E-state index in [1.54, 1.807) is 12.3 Å². The molecule has 1 spiro atoms. The van der Waals surface area contributed by atoms with Crippen LogP contribution >= 0.6 is 0 Å². The Bertz CT molecular complexity index is 706. The molecule has 7 nitrogen and oxygen atoms in total. The fourth-order valence-electron chi connectivity index (χ4n) is 3.90. The van der Waals surface area contributed by atoms with Gasteiger partial charge in [0.15, 0.2) is 0 Å². The van der Waals surface area contributed by atoms with Gasteiger partial charge in [0.2, 0.25) is 0 Å². The first-order valence-corrected chi connectivity index (χ1v) is 8.78. The average molecular weight is 341 g/mol. The summed E-state index contributed by atoms with van der Waals surface area (Å²) in [6, 6.07) is 7.71. The van der Waals surface area contributed by atoms with Gasteiger partial charge in [-0.1, -0.05) is 6.07 Å². The number of hydrogen-bond donors (Lipinski definition) is 1. The number of hydrogen-bond acceptors (Lipinski definition) is 5. The number of pyridine rings is 1. The molecule has 1 amide bonds. The Kier molecular flexibility index (Phi) is 4.40. The summed E-state index contributed by atoms with van der Waals surface area (Å²) in [5.74, 6) is 0.995. The summed E-state index contributed by atoms with van der Waals surface area (Å²) in [7, 11) is 0. The van der Waals surface area contributed by atoms with E-state index in [4.69, 9.17) is 4.74 Å². The molecule has 2 fully saturated rings. The molecule has 0 aromatic carbocycles. The summed E-state index contributed by atoms with van der Waals surface area (Å²) in [5, 5.41) is 6.67. The fourth-order valence-corrected chi connectivity index (χ4v) is 3.90. The second-order valence-electron chi connectivity index (χ2n) is 6.96. The number of ether oxygens (including phenoxy) is 1. The number of nitrogens with zero attached hydrogens (tertiary/aromatic N) is 4. The Morgan fingerprint density at radius 3 is 2.96 bits per heavy atom. The lowest BCUT2D eigenvalue weighted by molar-refractivity contribution is 0.0133. The predicted molar refractivity (Wildman–Crippen MR) is 93.4 cm³/mol. The molecule has 0 unspecified atom stereocenters. The second-order valence-corrected chi connectivity index (χ2v) is 6.96. The minimum atomic E-state index is -0.0536. The SMILES string of the molecule is O=C(c1ccn[nH]1)N1CCC[C@]2(COCCN(c3ccccn3)C2)C1. The fraction of sp³-hybridized carbons (Fsp3) is 0.500. The average Bonchev–Trinajstić information content (AvgIpc) is 3.12. The number of amides is 1. The number of aromatic nitrogens is 3.